The standard InChI is InChI=1S/C30H37Cl2N3O5/c1-18(2)14-26(27(36)33-19(3)15-21-12-13-35(39)28(21)37)40-29(38)34(4)30(22-6-5-7-24(32)16-22)17-25(30)20-8-10-23(31)11-9-20/h5-11,16,18-19,21,25-26,39H,12-15,17H2,1-4H3,(H,33,36)/t19-,21-,25?,26-,30?/m0/s1. The molecule has 10 heteroatoms. The monoisotopic (exact) mass is 589 g/mol. The van der Waals surface area contributed by atoms with Crippen molar-refractivity contribution in [2.24, 2.45) is 11.8 Å². The highest BCUT2D eigenvalue weighted by Gasteiger charge is 2.61. The van der Waals surface area contributed by atoms with E-state index >= 15 is 0 Å². The van der Waals surface area contributed by atoms with E-state index in [-0.39, 0.29) is 36.2 Å². The van der Waals surface area contributed by atoms with E-state index in [1.807, 2.05) is 56.3 Å². The number of hydrogen-bond donors (Lipinski definition) is 2. The number of nitrogens with one attached hydrogen (secondary N) is 1. The number of hydroxylamine groups is 2. The first kappa shape index (κ1) is 30.2. The van der Waals surface area contributed by atoms with Crippen LogP contribution in [0, 0.1) is 11.8 Å². The molecule has 1 saturated heterocycles. The van der Waals surface area contributed by atoms with E-state index in [1.165, 1.54) is 0 Å². The maximum absolute atomic E-state index is 13.7. The molecule has 216 valence electrons. The molecule has 8 nitrogen and oxygen atoms in total. The van der Waals surface area contributed by atoms with Gasteiger partial charge in [-0.25, -0.2) is 9.86 Å². The van der Waals surface area contributed by atoms with Crippen molar-refractivity contribution in [3.8, 4) is 0 Å². The Labute approximate surface area is 245 Å². The lowest BCUT2D eigenvalue weighted by molar-refractivity contribution is -0.160. The number of nitrogens with zero attached hydrogens (tertiary/aromatic N) is 2. The highest BCUT2D eigenvalue weighted by atomic mass is 35.5. The van der Waals surface area contributed by atoms with Crippen LogP contribution in [0.3, 0.4) is 0 Å². The minimum atomic E-state index is -1.00. The summed E-state index contributed by atoms with van der Waals surface area (Å²) in [5, 5.41) is 14.4. The Kier molecular flexibility index (Phi) is 9.33. The molecule has 3 amide bonds. The SMILES string of the molecule is CC(C)C[C@H](OC(=O)N(C)C1(c2cccc(Cl)c2)CC1c1ccc(Cl)cc1)C(=O)N[C@@H](C)C[C@@H]1CCN(O)C1=O. The first-order valence-electron chi connectivity index (χ1n) is 13.7. The molecule has 2 N–H and O–H groups in total. The summed E-state index contributed by atoms with van der Waals surface area (Å²) in [4.78, 5) is 40.6. The molecule has 1 saturated carbocycles. The van der Waals surface area contributed by atoms with Crippen LogP contribution in [0.5, 0.6) is 0 Å². The number of likely N-dealkylation sites (N-methyl/N-ethyl adjacent to an activating group) is 1. The van der Waals surface area contributed by atoms with Crippen LogP contribution in [0.1, 0.15) is 63.5 Å². The number of benzene rings is 2. The van der Waals surface area contributed by atoms with Crippen LogP contribution < -0.4 is 5.32 Å². The van der Waals surface area contributed by atoms with E-state index in [9.17, 15) is 19.6 Å². The van der Waals surface area contributed by atoms with E-state index < -0.39 is 23.6 Å². The van der Waals surface area contributed by atoms with E-state index in [1.54, 1.807) is 24.9 Å². The summed E-state index contributed by atoms with van der Waals surface area (Å²) in [6, 6.07) is 14.7. The fourth-order valence-electron chi connectivity index (χ4n) is 5.75. The van der Waals surface area contributed by atoms with Gasteiger partial charge in [0.15, 0.2) is 6.10 Å². The minimum Gasteiger partial charge on any atom is -0.436 e. The van der Waals surface area contributed by atoms with Crippen LogP contribution in [-0.4, -0.2) is 58.8 Å². The Hall–Kier alpha value is -2.81. The van der Waals surface area contributed by atoms with E-state index in [2.05, 4.69) is 5.32 Å². The normalized spacial score (nSPS) is 23.6. The summed E-state index contributed by atoms with van der Waals surface area (Å²) < 4.78 is 5.88. The fraction of sp³-hybridized carbons (Fsp3) is 0.500. The molecule has 2 aromatic rings. The van der Waals surface area contributed by atoms with Crippen molar-refractivity contribution in [3.05, 3.63) is 69.7 Å². The van der Waals surface area contributed by atoms with Gasteiger partial charge in [-0.2, -0.15) is 0 Å². The zero-order valence-corrected chi connectivity index (χ0v) is 24.8. The third kappa shape index (κ3) is 6.56. The van der Waals surface area contributed by atoms with E-state index in [0.29, 0.717) is 35.7 Å². The molecular weight excluding hydrogens is 553 g/mol. The number of hydrogen-bond acceptors (Lipinski definition) is 5. The molecule has 0 spiro atoms. The van der Waals surface area contributed by atoms with Crippen LogP contribution in [0.25, 0.3) is 0 Å². The van der Waals surface area contributed by atoms with Crippen molar-refractivity contribution < 1.29 is 24.3 Å². The van der Waals surface area contributed by atoms with Crippen LogP contribution in [0.2, 0.25) is 10.0 Å². The Balaban J connectivity index is 1.50. The van der Waals surface area contributed by atoms with Crippen LogP contribution in [0.4, 0.5) is 4.79 Å². The van der Waals surface area contributed by atoms with Crippen molar-refractivity contribution in [1.82, 2.24) is 15.3 Å². The smallest absolute Gasteiger partial charge is 0.411 e. The molecule has 40 heavy (non-hydrogen) atoms. The van der Waals surface area contributed by atoms with Crippen LogP contribution in [0.15, 0.2) is 48.5 Å². The van der Waals surface area contributed by atoms with Gasteiger partial charge in [-0.3, -0.25) is 14.8 Å². The first-order chi connectivity index (χ1) is 18.9. The highest BCUT2D eigenvalue weighted by Crippen LogP contribution is 2.62. The maximum atomic E-state index is 13.7. The molecule has 2 aromatic carbocycles. The highest BCUT2D eigenvalue weighted by molar-refractivity contribution is 6.30. The Bertz CT molecular complexity index is 1240. The first-order valence-corrected chi connectivity index (χ1v) is 14.4. The summed E-state index contributed by atoms with van der Waals surface area (Å²) in [6.45, 7) is 6.01. The molecule has 0 bridgehead atoms. The average Bonchev–Trinajstić information content (AvgIpc) is 3.59. The van der Waals surface area contributed by atoms with Crippen molar-refractivity contribution in [2.45, 2.75) is 70.1 Å². The second-order valence-electron chi connectivity index (χ2n) is 11.4. The van der Waals surface area contributed by atoms with Gasteiger partial charge in [-0.15, -0.1) is 0 Å². The molecule has 4 rings (SSSR count). The van der Waals surface area contributed by atoms with Gasteiger partial charge in [-0.05, 0) is 73.9 Å². The lowest BCUT2D eigenvalue weighted by atomic mass is 9.97. The maximum Gasteiger partial charge on any atom is 0.411 e. The second kappa shape index (κ2) is 12.4. The Morgan fingerprint density at radius 2 is 1.85 bits per heavy atom. The van der Waals surface area contributed by atoms with Gasteiger partial charge in [0.2, 0.25) is 5.91 Å². The van der Waals surface area contributed by atoms with Gasteiger partial charge in [0.1, 0.15) is 0 Å². The van der Waals surface area contributed by atoms with Crippen LogP contribution >= 0.6 is 23.2 Å². The molecule has 2 fully saturated rings. The van der Waals surface area contributed by atoms with Gasteiger partial charge in [0.25, 0.3) is 5.91 Å². The van der Waals surface area contributed by atoms with Gasteiger partial charge in [-0.1, -0.05) is 61.3 Å². The number of carbonyl (C=O) groups excluding carboxylic acids is 3. The third-order valence-corrected chi connectivity index (χ3v) is 8.43. The quantitative estimate of drug-likeness (QED) is 0.331. The molecule has 2 aliphatic rings. The molecule has 1 aliphatic heterocycles. The lowest BCUT2D eigenvalue weighted by Gasteiger charge is -2.32. The third-order valence-electron chi connectivity index (χ3n) is 7.94. The number of carbonyl (C=O) groups is 3. The second-order valence-corrected chi connectivity index (χ2v) is 12.3. The topological polar surface area (TPSA) is 99.2 Å². The predicted octanol–water partition coefficient (Wildman–Crippen LogP) is 5.99. The number of halogens is 2. The van der Waals surface area contributed by atoms with Crippen molar-refractivity contribution >= 4 is 41.1 Å². The van der Waals surface area contributed by atoms with Crippen molar-refractivity contribution in [1.29, 1.82) is 0 Å². The van der Waals surface area contributed by atoms with E-state index in [4.69, 9.17) is 27.9 Å². The van der Waals surface area contributed by atoms with Crippen molar-refractivity contribution in [3.63, 3.8) is 0 Å². The summed E-state index contributed by atoms with van der Waals surface area (Å²) >= 11 is 12.5. The molecular formula is C30H37Cl2N3O5. The summed E-state index contributed by atoms with van der Waals surface area (Å²) in [5.41, 5.74) is 1.23. The van der Waals surface area contributed by atoms with Crippen LogP contribution in [-0.2, 0) is 19.9 Å². The molecule has 1 aliphatic carbocycles. The number of ether oxygens (including phenoxy) is 1. The molecule has 5 atom stereocenters. The van der Waals surface area contributed by atoms with Gasteiger partial charge in [0.05, 0.1) is 5.54 Å². The summed E-state index contributed by atoms with van der Waals surface area (Å²) in [6.07, 6.45) is 0.323. The average molecular weight is 591 g/mol. The summed E-state index contributed by atoms with van der Waals surface area (Å²) in [7, 11) is 1.69. The zero-order chi connectivity index (χ0) is 29.2. The van der Waals surface area contributed by atoms with E-state index in [0.717, 1.165) is 16.2 Å². The molecule has 0 radical (unpaired) electrons. The molecule has 0 aromatic heterocycles. The largest absolute Gasteiger partial charge is 0.436 e. The summed E-state index contributed by atoms with van der Waals surface area (Å²) in [5.74, 6) is -1.01. The number of rotatable bonds is 10. The lowest BCUT2D eigenvalue weighted by Crippen LogP contribution is -2.47. The Morgan fingerprint density at radius 1 is 1.15 bits per heavy atom. The minimum absolute atomic E-state index is 0.00628. The molecule has 2 unspecified atom stereocenters. The Morgan fingerprint density at radius 3 is 2.45 bits per heavy atom. The van der Waals surface area contributed by atoms with Crippen molar-refractivity contribution in [2.75, 3.05) is 13.6 Å². The fourth-order valence-corrected chi connectivity index (χ4v) is 6.06. The zero-order valence-electron chi connectivity index (χ0n) is 23.3. The number of amides is 3. The van der Waals surface area contributed by atoms with Gasteiger partial charge >= 0.3 is 6.09 Å². The van der Waals surface area contributed by atoms with Gasteiger partial charge < -0.3 is 15.0 Å². The molecule has 1 heterocycles. The predicted molar refractivity (Wildman–Crippen MR) is 153 cm³/mol. The van der Waals surface area contributed by atoms with Gasteiger partial charge in [0, 0.05) is 41.5 Å².